The number of aliphatic hydroxyl groups is 1. The molecule has 4 N–H and O–H groups in total. The van der Waals surface area contributed by atoms with Crippen molar-refractivity contribution in [1.82, 2.24) is 19.5 Å². The molecule has 31 heavy (non-hydrogen) atoms. The van der Waals surface area contributed by atoms with Crippen LogP contribution in [0.25, 0.3) is 11.2 Å². The highest BCUT2D eigenvalue weighted by Crippen LogP contribution is 2.40. The Labute approximate surface area is 179 Å². The van der Waals surface area contributed by atoms with Crippen LogP contribution in [0.4, 0.5) is 10.2 Å². The third kappa shape index (κ3) is 4.62. The highest BCUT2D eigenvalue weighted by Gasteiger charge is 2.46. The van der Waals surface area contributed by atoms with E-state index in [1.54, 1.807) is 30.3 Å². The Morgan fingerprint density at radius 1 is 1.29 bits per heavy atom. The Kier molecular flexibility index (Phi) is 6.08. The van der Waals surface area contributed by atoms with Crippen LogP contribution in [0.3, 0.4) is 0 Å². The summed E-state index contributed by atoms with van der Waals surface area (Å²) in [5.41, 5.74) is 0.767. The van der Waals surface area contributed by atoms with E-state index in [4.69, 9.17) is 14.5 Å². The van der Waals surface area contributed by atoms with Gasteiger partial charge in [0.05, 0.1) is 12.9 Å². The third-order valence-corrected chi connectivity index (χ3v) is 5.40. The number of nitrogens with zero attached hydrogens (tertiary/aromatic N) is 4. The van der Waals surface area contributed by atoms with Gasteiger partial charge in [0.1, 0.15) is 18.5 Å². The van der Waals surface area contributed by atoms with Crippen molar-refractivity contribution in [2.24, 2.45) is 0 Å². The van der Waals surface area contributed by atoms with Crippen molar-refractivity contribution in [3.05, 3.63) is 48.5 Å². The molecule has 0 saturated carbocycles. The third-order valence-electron chi connectivity index (χ3n) is 4.60. The van der Waals surface area contributed by atoms with Crippen LogP contribution < -0.4 is 5.32 Å². The first-order valence-corrected chi connectivity index (χ1v) is 11.6. The number of fused-ring (bicyclic) bond motifs is 1. The molecule has 1 fully saturated rings. The molecule has 0 aliphatic carbocycles. The van der Waals surface area contributed by atoms with Gasteiger partial charge >= 0.3 is 6.72 Å². The average Bonchev–Trinajstić information content (AvgIpc) is 3.29. The van der Waals surface area contributed by atoms with Crippen LogP contribution in [-0.4, -0.2) is 65.3 Å². The normalized spacial score (nSPS) is 23.9. The van der Waals surface area contributed by atoms with Crippen LogP contribution >= 0.6 is 6.72 Å². The SMILES string of the molecule is O=C(Nc1ncnc2c1ncn2[C@@H]1O[C@H](COP(O)(O)=S)[C@@H](O)[C@H]1F)c1ccccc1. The summed E-state index contributed by atoms with van der Waals surface area (Å²) in [6.07, 6.45) is -3.60. The zero-order valence-corrected chi connectivity index (χ0v) is 17.4. The van der Waals surface area contributed by atoms with Crippen LogP contribution in [0.5, 0.6) is 0 Å². The van der Waals surface area contributed by atoms with E-state index in [0.717, 1.165) is 0 Å². The van der Waals surface area contributed by atoms with E-state index < -0.39 is 43.8 Å². The van der Waals surface area contributed by atoms with Gasteiger partial charge in [0.25, 0.3) is 5.91 Å². The van der Waals surface area contributed by atoms with Crippen LogP contribution in [-0.2, 0) is 21.1 Å². The quantitative estimate of drug-likeness (QED) is 0.383. The molecule has 0 bridgehead atoms. The highest BCUT2D eigenvalue weighted by atomic mass is 32.5. The molecule has 0 spiro atoms. The van der Waals surface area contributed by atoms with Crippen molar-refractivity contribution in [1.29, 1.82) is 0 Å². The molecule has 1 aliphatic rings. The molecule has 1 aliphatic heterocycles. The van der Waals surface area contributed by atoms with E-state index in [9.17, 15) is 14.3 Å². The van der Waals surface area contributed by atoms with Crippen LogP contribution in [0, 0.1) is 0 Å². The number of hydrogen-bond acceptors (Lipinski definition) is 8. The van der Waals surface area contributed by atoms with E-state index in [2.05, 4.69) is 36.6 Å². The Morgan fingerprint density at radius 2 is 2.03 bits per heavy atom. The maximum Gasteiger partial charge on any atom is 0.321 e. The smallest absolute Gasteiger partial charge is 0.321 e. The van der Waals surface area contributed by atoms with E-state index in [-0.39, 0.29) is 17.0 Å². The number of amides is 1. The van der Waals surface area contributed by atoms with Gasteiger partial charge in [-0.1, -0.05) is 18.2 Å². The number of ether oxygens (including phenoxy) is 1. The molecule has 1 aromatic carbocycles. The largest absolute Gasteiger partial charge is 0.387 e. The Hall–Kier alpha value is -2.38. The molecule has 4 rings (SSSR count). The molecule has 2 aromatic heterocycles. The average molecular weight is 469 g/mol. The number of hydrogen-bond donors (Lipinski definition) is 4. The van der Waals surface area contributed by atoms with Gasteiger partial charge in [-0.05, 0) is 23.9 Å². The predicted molar refractivity (Wildman–Crippen MR) is 109 cm³/mol. The number of aromatic nitrogens is 4. The predicted octanol–water partition coefficient (Wildman–Crippen LogP) is 0.901. The van der Waals surface area contributed by atoms with Crippen molar-refractivity contribution >= 4 is 41.4 Å². The van der Waals surface area contributed by atoms with Gasteiger partial charge in [0.15, 0.2) is 29.4 Å². The van der Waals surface area contributed by atoms with E-state index >= 15 is 0 Å². The summed E-state index contributed by atoms with van der Waals surface area (Å²) < 4.78 is 26.2. The van der Waals surface area contributed by atoms with Gasteiger partial charge in [0, 0.05) is 5.56 Å². The molecular weight excluding hydrogens is 452 g/mol. The summed E-state index contributed by atoms with van der Waals surface area (Å²) in [4.78, 5) is 43.0. The fraction of sp³-hybridized carbons (Fsp3) is 0.294. The van der Waals surface area contributed by atoms with Gasteiger partial charge in [-0.3, -0.25) is 9.36 Å². The van der Waals surface area contributed by atoms with Gasteiger partial charge < -0.3 is 29.5 Å². The standard InChI is InChI=1S/C17H17FN5O6PS/c18-11-13(24)10(6-28-30(26,27)31)29-17(11)23-8-21-12-14(19-7-20-15(12)23)22-16(25)9-4-2-1-3-5-9/h1-5,7-8,10-11,13,17,24H,6H2,(H2,26,27,31)(H,19,20,22,25)/t10-,11-,13-,17-/m1/s1. The monoisotopic (exact) mass is 469 g/mol. The Bertz CT molecular complexity index is 1140. The Morgan fingerprint density at radius 3 is 2.74 bits per heavy atom. The number of carbonyl (C=O) groups is 1. The lowest BCUT2D eigenvalue weighted by Gasteiger charge is -2.16. The Balaban J connectivity index is 1.58. The number of alkyl halides is 1. The minimum atomic E-state index is -3.99. The molecule has 4 atom stereocenters. The molecule has 3 aromatic rings. The number of imidazole rings is 1. The molecule has 1 amide bonds. The van der Waals surface area contributed by atoms with E-state index in [1.165, 1.54) is 17.2 Å². The first-order chi connectivity index (χ1) is 14.7. The zero-order valence-electron chi connectivity index (χ0n) is 15.6. The van der Waals surface area contributed by atoms with Crippen molar-refractivity contribution in [3.8, 4) is 0 Å². The number of nitrogens with one attached hydrogen (secondary N) is 1. The van der Waals surface area contributed by atoms with Crippen LogP contribution in [0.15, 0.2) is 43.0 Å². The number of halogens is 1. The molecular formula is C17H17FN5O6PS. The lowest BCUT2D eigenvalue weighted by atomic mass is 10.1. The first-order valence-electron chi connectivity index (χ1n) is 8.96. The van der Waals surface area contributed by atoms with Crippen LogP contribution in [0.1, 0.15) is 16.6 Å². The molecule has 14 heteroatoms. The topological polar surface area (TPSA) is 152 Å². The number of aliphatic hydroxyl groups excluding tert-OH is 1. The lowest BCUT2D eigenvalue weighted by Crippen LogP contribution is -2.31. The first kappa shape index (κ1) is 21.8. The summed E-state index contributed by atoms with van der Waals surface area (Å²) in [6.45, 7) is -4.50. The second-order valence-corrected chi connectivity index (χ2v) is 9.32. The molecule has 1 saturated heterocycles. The maximum atomic E-state index is 14.7. The minimum Gasteiger partial charge on any atom is -0.387 e. The summed E-state index contributed by atoms with van der Waals surface area (Å²) >= 11 is 4.35. The van der Waals surface area contributed by atoms with Gasteiger partial charge in [-0.15, -0.1) is 0 Å². The van der Waals surface area contributed by atoms with Crippen molar-refractivity contribution < 1.29 is 33.3 Å². The highest BCUT2D eigenvalue weighted by molar-refractivity contribution is 8.06. The molecule has 0 unspecified atom stereocenters. The van der Waals surface area contributed by atoms with Crippen molar-refractivity contribution in [2.45, 2.75) is 24.6 Å². The number of carbonyl (C=O) groups excluding carboxylic acids is 1. The number of rotatable bonds is 6. The van der Waals surface area contributed by atoms with Gasteiger partial charge in [-0.25, -0.2) is 19.3 Å². The molecule has 164 valence electrons. The summed E-state index contributed by atoms with van der Waals surface area (Å²) in [6, 6.07) is 8.48. The summed E-state index contributed by atoms with van der Waals surface area (Å²) in [7, 11) is 0. The van der Waals surface area contributed by atoms with Gasteiger partial charge in [0.2, 0.25) is 0 Å². The molecule has 0 radical (unpaired) electrons. The summed E-state index contributed by atoms with van der Waals surface area (Å²) in [5.74, 6) is -0.292. The number of anilines is 1. The van der Waals surface area contributed by atoms with Crippen LogP contribution in [0.2, 0.25) is 0 Å². The fourth-order valence-corrected chi connectivity index (χ4v) is 3.66. The molecule has 11 nitrogen and oxygen atoms in total. The van der Waals surface area contributed by atoms with Crippen molar-refractivity contribution in [2.75, 3.05) is 11.9 Å². The molecule has 3 heterocycles. The van der Waals surface area contributed by atoms with Crippen molar-refractivity contribution in [3.63, 3.8) is 0 Å². The maximum absolute atomic E-state index is 14.7. The number of benzene rings is 1. The summed E-state index contributed by atoms with van der Waals surface area (Å²) in [5, 5.41) is 12.7. The van der Waals surface area contributed by atoms with Gasteiger partial charge in [-0.2, -0.15) is 0 Å². The second kappa shape index (κ2) is 8.63. The lowest BCUT2D eigenvalue weighted by molar-refractivity contribution is -0.0429. The second-order valence-electron chi connectivity index (χ2n) is 6.65. The van der Waals surface area contributed by atoms with E-state index in [1.807, 2.05) is 0 Å². The fourth-order valence-electron chi connectivity index (χ4n) is 3.13. The minimum absolute atomic E-state index is 0.118. The van der Waals surface area contributed by atoms with E-state index in [0.29, 0.717) is 5.56 Å². The zero-order chi connectivity index (χ0) is 22.2.